The van der Waals surface area contributed by atoms with Gasteiger partial charge in [0.2, 0.25) is 5.91 Å². The van der Waals surface area contributed by atoms with E-state index >= 15 is 0 Å². The molecule has 1 aliphatic rings. The minimum absolute atomic E-state index is 0.0748. The first-order chi connectivity index (χ1) is 12.6. The van der Waals surface area contributed by atoms with Crippen LogP contribution < -0.4 is 5.32 Å². The van der Waals surface area contributed by atoms with E-state index in [4.69, 9.17) is 0 Å². The molecule has 0 spiro atoms. The van der Waals surface area contributed by atoms with Crippen LogP contribution in [-0.2, 0) is 4.79 Å². The lowest BCUT2D eigenvalue weighted by Crippen LogP contribution is -2.40. The van der Waals surface area contributed by atoms with Crippen molar-refractivity contribution in [1.29, 1.82) is 5.26 Å². The van der Waals surface area contributed by atoms with Gasteiger partial charge in [0, 0.05) is 22.9 Å². The summed E-state index contributed by atoms with van der Waals surface area (Å²) >= 11 is 0. The highest BCUT2D eigenvalue weighted by atomic mass is 16.2. The molecular weight excluding hydrogens is 326 g/mol. The second-order valence-corrected chi connectivity index (χ2v) is 6.61. The zero-order valence-corrected chi connectivity index (χ0v) is 14.7. The lowest BCUT2D eigenvalue weighted by atomic mass is 9.96. The zero-order chi connectivity index (χ0) is 18.5. The number of carbonyl (C=O) groups excluding carboxylic acids is 2. The number of rotatable bonds is 5. The Hall–Kier alpha value is -3.00. The molecule has 0 radical (unpaired) electrons. The molecule has 3 rings (SSSR count). The van der Waals surface area contributed by atoms with E-state index in [2.05, 4.69) is 10.3 Å². The van der Waals surface area contributed by atoms with Gasteiger partial charge in [0.25, 0.3) is 0 Å². The first-order valence-electron chi connectivity index (χ1n) is 8.87. The second kappa shape index (κ2) is 7.92. The Bertz CT molecular complexity index is 849. The molecule has 5 heteroatoms. The van der Waals surface area contributed by atoms with Crippen molar-refractivity contribution in [1.82, 2.24) is 10.3 Å². The number of aromatic nitrogens is 1. The molecular formula is C21H21N3O2. The maximum Gasteiger partial charge on any atom is 0.245 e. The molecule has 2 aromatic rings. The van der Waals surface area contributed by atoms with Gasteiger partial charge >= 0.3 is 0 Å². The first kappa shape index (κ1) is 17.8. The van der Waals surface area contributed by atoms with Crippen LogP contribution >= 0.6 is 0 Å². The van der Waals surface area contributed by atoms with Crippen LogP contribution in [0, 0.1) is 24.2 Å². The summed E-state index contributed by atoms with van der Waals surface area (Å²) in [6, 6.07) is 15.0. The molecule has 0 bridgehead atoms. The van der Waals surface area contributed by atoms with Gasteiger partial charge in [-0.25, -0.2) is 0 Å². The van der Waals surface area contributed by atoms with Crippen molar-refractivity contribution in [2.45, 2.75) is 38.6 Å². The number of nitrogens with zero attached hydrogens (tertiary/aromatic N) is 2. The SMILES string of the molecule is Cc1nc(-c2ccccc2)ccc1C(=O)C(C#N)C(=O)NC1CCCC1. The molecule has 0 saturated heterocycles. The van der Waals surface area contributed by atoms with E-state index in [1.165, 1.54) is 0 Å². The monoisotopic (exact) mass is 347 g/mol. The lowest BCUT2D eigenvalue weighted by molar-refractivity contribution is -0.122. The fourth-order valence-electron chi connectivity index (χ4n) is 3.34. The third-order valence-electron chi connectivity index (χ3n) is 4.78. The predicted octanol–water partition coefficient (Wildman–Crippen LogP) is 3.44. The molecule has 1 aliphatic carbocycles. The molecule has 1 aromatic carbocycles. The van der Waals surface area contributed by atoms with Gasteiger partial charge < -0.3 is 5.32 Å². The molecule has 1 saturated carbocycles. The van der Waals surface area contributed by atoms with Crippen LogP contribution in [0.2, 0.25) is 0 Å². The van der Waals surface area contributed by atoms with Crippen LogP contribution in [0.15, 0.2) is 42.5 Å². The van der Waals surface area contributed by atoms with E-state index in [1.807, 2.05) is 36.4 Å². The van der Waals surface area contributed by atoms with Crippen molar-refractivity contribution in [3.63, 3.8) is 0 Å². The number of ketones is 1. The second-order valence-electron chi connectivity index (χ2n) is 6.61. The Labute approximate surface area is 153 Å². The fourth-order valence-corrected chi connectivity index (χ4v) is 3.34. The molecule has 0 aliphatic heterocycles. The van der Waals surface area contributed by atoms with Crippen LogP contribution in [0.3, 0.4) is 0 Å². The molecule has 1 N–H and O–H groups in total. The van der Waals surface area contributed by atoms with Crippen LogP contribution in [-0.4, -0.2) is 22.7 Å². The minimum atomic E-state index is -1.33. The number of nitriles is 1. The number of nitrogens with one attached hydrogen (secondary N) is 1. The number of carbonyl (C=O) groups is 2. The van der Waals surface area contributed by atoms with Crippen LogP contribution in [0.5, 0.6) is 0 Å². The third-order valence-corrected chi connectivity index (χ3v) is 4.78. The Morgan fingerprint density at radius 1 is 1.15 bits per heavy atom. The summed E-state index contributed by atoms with van der Waals surface area (Å²) in [5.74, 6) is -2.33. The van der Waals surface area contributed by atoms with E-state index in [0.717, 1.165) is 36.9 Å². The van der Waals surface area contributed by atoms with E-state index < -0.39 is 17.6 Å². The lowest BCUT2D eigenvalue weighted by Gasteiger charge is -2.15. The molecule has 26 heavy (non-hydrogen) atoms. The number of hydrogen-bond donors (Lipinski definition) is 1. The van der Waals surface area contributed by atoms with Crippen molar-refractivity contribution >= 4 is 11.7 Å². The molecule has 1 heterocycles. The molecule has 1 atom stereocenters. The highest BCUT2D eigenvalue weighted by Gasteiger charge is 2.31. The van der Waals surface area contributed by atoms with Crippen molar-refractivity contribution in [3.8, 4) is 17.3 Å². The van der Waals surface area contributed by atoms with Gasteiger partial charge in [0.1, 0.15) is 0 Å². The predicted molar refractivity (Wildman–Crippen MR) is 98.2 cm³/mol. The number of Topliss-reactive ketones (excluding diaryl/α,β-unsaturated/α-hetero) is 1. The van der Waals surface area contributed by atoms with Gasteiger partial charge in [-0.1, -0.05) is 43.2 Å². The largest absolute Gasteiger partial charge is 0.352 e. The van der Waals surface area contributed by atoms with Gasteiger partial charge in [-0.05, 0) is 31.9 Å². The van der Waals surface area contributed by atoms with Crippen LogP contribution in [0.1, 0.15) is 41.7 Å². The topological polar surface area (TPSA) is 82.8 Å². The molecule has 1 amide bonds. The van der Waals surface area contributed by atoms with Crippen molar-refractivity contribution in [2.24, 2.45) is 5.92 Å². The smallest absolute Gasteiger partial charge is 0.245 e. The number of benzene rings is 1. The van der Waals surface area contributed by atoms with Crippen molar-refractivity contribution in [2.75, 3.05) is 0 Å². The van der Waals surface area contributed by atoms with Gasteiger partial charge in [0.15, 0.2) is 11.7 Å². The first-order valence-corrected chi connectivity index (χ1v) is 8.87. The average molecular weight is 347 g/mol. The zero-order valence-electron chi connectivity index (χ0n) is 14.7. The fraction of sp³-hybridized carbons (Fsp3) is 0.333. The number of amides is 1. The quantitative estimate of drug-likeness (QED) is 0.663. The Morgan fingerprint density at radius 3 is 2.46 bits per heavy atom. The summed E-state index contributed by atoms with van der Waals surface area (Å²) in [5.41, 5.74) is 2.54. The number of pyridine rings is 1. The Balaban J connectivity index is 1.79. The van der Waals surface area contributed by atoms with Crippen molar-refractivity contribution in [3.05, 3.63) is 53.7 Å². The maximum atomic E-state index is 12.7. The summed E-state index contributed by atoms with van der Waals surface area (Å²) in [4.78, 5) is 29.6. The molecule has 132 valence electrons. The van der Waals surface area contributed by atoms with E-state index in [1.54, 1.807) is 19.1 Å². The highest BCUT2D eigenvalue weighted by Crippen LogP contribution is 2.21. The molecule has 1 unspecified atom stereocenters. The Kier molecular flexibility index (Phi) is 5.43. The van der Waals surface area contributed by atoms with E-state index in [-0.39, 0.29) is 6.04 Å². The standard InChI is InChI=1S/C21H21N3O2/c1-14-17(11-12-19(23-14)15-7-3-2-4-8-15)20(25)18(13-22)21(26)24-16-9-5-6-10-16/h2-4,7-8,11-12,16,18H,5-6,9-10H2,1H3,(H,24,26). The summed E-state index contributed by atoms with van der Waals surface area (Å²) < 4.78 is 0. The van der Waals surface area contributed by atoms with Crippen molar-refractivity contribution < 1.29 is 9.59 Å². The van der Waals surface area contributed by atoms with Gasteiger partial charge in [-0.15, -0.1) is 0 Å². The van der Waals surface area contributed by atoms with Crippen LogP contribution in [0.4, 0.5) is 0 Å². The van der Waals surface area contributed by atoms with Gasteiger partial charge in [0.05, 0.1) is 11.8 Å². The minimum Gasteiger partial charge on any atom is -0.352 e. The Morgan fingerprint density at radius 2 is 1.85 bits per heavy atom. The van der Waals surface area contributed by atoms with Gasteiger partial charge in [-0.3, -0.25) is 14.6 Å². The molecule has 5 nitrogen and oxygen atoms in total. The summed E-state index contributed by atoms with van der Waals surface area (Å²) in [6.07, 6.45) is 3.95. The highest BCUT2D eigenvalue weighted by molar-refractivity contribution is 6.12. The van der Waals surface area contributed by atoms with E-state index in [9.17, 15) is 14.9 Å². The summed E-state index contributed by atoms with van der Waals surface area (Å²) in [6.45, 7) is 1.73. The summed E-state index contributed by atoms with van der Waals surface area (Å²) in [7, 11) is 0. The maximum absolute atomic E-state index is 12.7. The van der Waals surface area contributed by atoms with Crippen LogP contribution in [0.25, 0.3) is 11.3 Å². The average Bonchev–Trinajstić information content (AvgIpc) is 3.15. The van der Waals surface area contributed by atoms with E-state index in [0.29, 0.717) is 11.3 Å². The van der Waals surface area contributed by atoms with Gasteiger partial charge in [-0.2, -0.15) is 5.26 Å². The molecule has 1 aromatic heterocycles. The number of hydrogen-bond acceptors (Lipinski definition) is 4. The third kappa shape index (κ3) is 3.80. The number of aryl methyl sites for hydroxylation is 1. The molecule has 1 fully saturated rings. The normalized spacial score (nSPS) is 15.2. The summed E-state index contributed by atoms with van der Waals surface area (Å²) in [5, 5.41) is 12.2.